The van der Waals surface area contributed by atoms with Gasteiger partial charge < -0.3 is 4.74 Å². The lowest BCUT2D eigenvalue weighted by molar-refractivity contribution is 0.0474. The van der Waals surface area contributed by atoms with Crippen LogP contribution in [0.25, 0.3) is 0 Å². The second-order valence-electron chi connectivity index (χ2n) is 8.32. The van der Waals surface area contributed by atoms with Gasteiger partial charge in [0.25, 0.3) is 10.0 Å². The number of benzene rings is 3. The van der Waals surface area contributed by atoms with Gasteiger partial charge in [-0.3, -0.25) is 9.10 Å². The number of hydrogen-bond acceptors (Lipinski definition) is 5. The Morgan fingerprint density at radius 3 is 2.52 bits per heavy atom. The van der Waals surface area contributed by atoms with Crippen molar-refractivity contribution in [1.29, 1.82) is 0 Å². The number of hydrogen-bond donors (Lipinski definition) is 0. The fraction of sp³-hybridized carbons (Fsp3) is 0.231. The fourth-order valence-corrected chi connectivity index (χ4v) is 6.06. The van der Waals surface area contributed by atoms with Crippen LogP contribution in [0.15, 0.2) is 71.6 Å². The van der Waals surface area contributed by atoms with Crippen molar-refractivity contribution in [3.63, 3.8) is 0 Å². The molecular weight excluding hydrogens is 438 g/mol. The van der Waals surface area contributed by atoms with Crippen molar-refractivity contribution < 1.29 is 22.7 Å². The van der Waals surface area contributed by atoms with Crippen molar-refractivity contribution in [2.24, 2.45) is 0 Å². The maximum absolute atomic E-state index is 13.2. The molecule has 0 spiro atoms. The molecular formula is C26H23NO5S. The summed E-state index contributed by atoms with van der Waals surface area (Å²) in [4.78, 5) is 25.1. The summed E-state index contributed by atoms with van der Waals surface area (Å²) in [5.41, 5.74) is 4.68. The molecule has 0 N–H and O–H groups in total. The average molecular weight is 462 g/mol. The molecule has 0 fully saturated rings. The van der Waals surface area contributed by atoms with E-state index < -0.39 is 22.6 Å². The lowest BCUT2D eigenvalue weighted by Gasteiger charge is -2.19. The smallest absolute Gasteiger partial charge is 0.338 e. The van der Waals surface area contributed by atoms with Gasteiger partial charge in [0.15, 0.2) is 12.4 Å². The van der Waals surface area contributed by atoms with Crippen molar-refractivity contribution >= 4 is 27.5 Å². The Hall–Kier alpha value is -3.45. The second-order valence-corrected chi connectivity index (χ2v) is 10.2. The molecule has 0 atom stereocenters. The first-order valence-electron chi connectivity index (χ1n) is 11.0. The van der Waals surface area contributed by atoms with Gasteiger partial charge in [-0.25, -0.2) is 13.2 Å². The summed E-state index contributed by atoms with van der Waals surface area (Å²) < 4.78 is 33.1. The fourth-order valence-electron chi connectivity index (χ4n) is 4.51. The number of para-hydroxylation sites is 1. The molecule has 0 amide bonds. The van der Waals surface area contributed by atoms with Gasteiger partial charge in [-0.05, 0) is 72.7 Å². The summed E-state index contributed by atoms with van der Waals surface area (Å²) >= 11 is 0. The molecule has 33 heavy (non-hydrogen) atoms. The van der Waals surface area contributed by atoms with Crippen LogP contribution in [0.2, 0.25) is 0 Å². The van der Waals surface area contributed by atoms with Crippen LogP contribution in [-0.2, 0) is 34.0 Å². The molecule has 2 aliphatic rings. The number of aryl methyl sites for hydroxylation is 2. The van der Waals surface area contributed by atoms with Crippen molar-refractivity contribution in [3.8, 4) is 0 Å². The second kappa shape index (κ2) is 8.48. The molecule has 0 radical (unpaired) electrons. The number of sulfonamides is 1. The lowest BCUT2D eigenvalue weighted by atomic mass is 10.0. The van der Waals surface area contributed by atoms with Crippen molar-refractivity contribution in [1.82, 2.24) is 0 Å². The van der Waals surface area contributed by atoms with E-state index >= 15 is 0 Å². The van der Waals surface area contributed by atoms with E-state index in [4.69, 9.17) is 4.74 Å². The molecule has 3 aromatic carbocycles. The van der Waals surface area contributed by atoms with Crippen molar-refractivity contribution in [3.05, 3.63) is 94.5 Å². The van der Waals surface area contributed by atoms with Crippen LogP contribution >= 0.6 is 0 Å². The third-order valence-electron chi connectivity index (χ3n) is 6.26. The third kappa shape index (κ3) is 4.04. The van der Waals surface area contributed by atoms with Gasteiger partial charge in [0, 0.05) is 12.1 Å². The number of carbonyl (C=O) groups excluding carboxylic acids is 2. The predicted octanol–water partition coefficient (Wildman–Crippen LogP) is 3.97. The van der Waals surface area contributed by atoms with Crippen LogP contribution in [0.5, 0.6) is 0 Å². The zero-order valence-electron chi connectivity index (χ0n) is 18.0. The largest absolute Gasteiger partial charge is 0.454 e. The molecule has 5 rings (SSSR count). The Labute approximate surface area is 192 Å². The molecule has 1 aliphatic heterocycles. The number of ether oxygens (including phenoxy) is 1. The summed E-state index contributed by atoms with van der Waals surface area (Å²) in [5.74, 6) is -1.01. The van der Waals surface area contributed by atoms with E-state index in [2.05, 4.69) is 0 Å². The van der Waals surface area contributed by atoms with E-state index in [1.807, 2.05) is 24.3 Å². The molecule has 0 unspecified atom stereocenters. The molecule has 3 aromatic rings. The van der Waals surface area contributed by atoms with Gasteiger partial charge >= 0.3 is 5.97 Å². The van der Waals surface area contributed by atoms with E-state index in [1.165, 1.54) is 39.7 Å². The van der Waals surface area contributed by atoms with E-state index in [0.717, 1.165) is 24.8 Å². The number of carbonyl (C=O) groups is 2. The van der Waals surface area contributed by atoms with Crippen LogP contribution in [0.1, 0.15) is 43.8 Å². The van der Waals surface area contributed by atoms with E-state index in [9.17, 15) is 18.0 Å². The topological polar surface area (TPSA) is 80.8 Å². The monoisotopic (exact) mass is 461 g/mol. The lowest BCUT2D eigenvalue weighted by Crippen LogP contribution is -2.29. The normalized spacial score (nSPS) is 14.6. The summed E-state index contributed by atoms with van der Waals surface area (Å²) in [5, 5.41) is 0. The average Bonchev–Trinajstić information content (AvgIpc) is 3.49. The molecule has 168 valence electrons. The Bertz CT molecular complexity index is 1360. The molecule has 1 heterocycles. The number of anilines is 1. The summed E-state index contributed by atoms with van der Waals surface area (Å²) in [6, 6.07) is 18.7. The molecule has 7 heteroatoms. The molecule has 0 bridgehead atoms. The van der Waals surface area contributed by atoms with Crippen LogP contribution in [0.3, 0.4) is 0 Å². The summed E-state index contributed by atoms with van der Waals surface area (Å²) in [7, 11) is -3.83. The number of Topliss-reactive ketones (excluding diaryl/α,β-unsaturated/α-hetero) is 1. The number of ketones is 1. The van der Waals surface area contributed by atoms with Crippen LogP contribution in [0.4, 0.5) is 5.69 Å². The number of rotatable bonds is 6. The SMILES string of the molecule is O=C(COC(=O)c1cccc(S(=O)(=O)N2CCc3ccccc32)c1)c1ccc2c(c1)CCC2. The highest BCUT2D eigenvalue weighted by atomic mass is 32.2. The quantitative estimate of drug-likeness (QED) is 0.410. The minimum atomic E-state index is -3.83. The van der Waals surface area contributed by atoms with Gasteiger partial charge in [-0.15, -0.1) is 0 Å². The number of esters is 1. The zero-order valence-corrected chi connectivity index (χ0v) is 18.8. The molecule has 0 saturated carbocycles. The highest BCUT2D eigenvalue weighted by Gasteiger charge is 2.31. The third-order valence-corrected chi connectivity index (χ3v) is 8.07. The Morgan fingerprint density at radius 1 is 0.818 bits per heavy atom. The van der Waals surface area contributed by atoms with E-state index in [0.29, 0.717) is 24.2 Å². The Kier molecular flexibility index (Phi) is 5.50. The molecule has 0 aromatic heterocycles. The minimum absolute atomic E-state index is 0.0126. The predicted molar refractivity (Wildman–Crippen MR) is 124 cm³/mol. The molecule has 1 aliphatic carbocycles. The summed E-state index contributed by atoms with van der Waals surface area (Å²) in [6.45, 7) is -0.0419. The van der Waals surface area contributed by atoms with E-state index in [1.54, 1.807) is 18.2 Å². The zero-order chi connectivity index (χ0) is 23.0. The first-order valence-corrected chi connectivity index (χ1v) is 12.4. The van der Waals surface area contributed by atoms with Crippen molar-refractivity contribution in [2.75, 3.05) is 17.5 Å². The maximum atomic E-state index is 13.2. The number of fused-ring (bicyclic) bond motifs is 2. The maximum Gasteiger partial charge on any atom is 0.338 e. The van der Waals surface area contributed by atoms with Gasteiger partial charge in [-0.2, -0.15) is 0 Å². The van der Waals surface area contributed by atoms with Gasteiger partial charge in [0.1, 0.15) is 0 Å². The van der Waals surface area contributed by atoms with Crippen LogP contribution < -0.4 is 4.31 Å². The Morgan fingerprint density at radius 2 is 1.64 bits per heavy atom. The first kappa shape index (κ1) is 21.4. The van der Waals surface area contributed by atoms with E-state index in [-0.39, 0.29) is 16.2 Å². The summed E-state index contributed by atoms with van der Waals surface area (Å²) in [6.07, 6.45) is 3.71. The van der Waals surface area contributed by atoms with Crippen LogP contribution in [0, 0.1) is 0 Å². The van der Waals surface area contributed by atoms with Gasteiger partial charge in [0.2, 0.25) is 0 Å². The Balaban J connectivity index is 1.30. The molecule has 6 nitrogen and oxygen atoms in total. The standard InChI is InChI=1S/C26H23NO5S/c28-25(21-12-11-18-6-3-7-20(18)15-21)17-32-26(29)22-8-4-9-23(16-22)33(30,31)27-14-13-19-5-1-2-10-24(19)27/h1-2,4-5,8-12,15-16H,3,6-7,13-14,17H2. The highest BCUT2D eigenvalue weighted by Crippen LogP contribution is 2.32. The number of nitrogens with zero attached hydrogens (tertiary/aromatic N) is 1. The first-order chi connectivity index (χ1) is 15.9. The van der Waals surface area contributed by atoms with Crippen LogP contribution in [-0.4, -0.2) is 33.3 Å². The molecule has 0 saturated heterocycles. The highest BCUT2D eigenvalue weighted by molar-refractivity contribution is 7.92. The van der Waals surface area contributed by atoms with Crippen molar-refractivity contribution in [2.45, 2.75) is 30.6 Å². The minimum Gasteiger partial charge on any atom is -0.454 e. The van der Waals surface area contributed by atoms with Gasteiger partial charge in [0.05, 0.1) is 16.1 Å². The van der Waals surface area contributed by atoms with Gasteiger partial charge in [-0.1, -0.05) is 36.4 Å².